The normalized spacial score (nSPS) is 10.6. The van der Waals surface area contributed by atoms with Gasteiger partial charge in [0.15, 0.2) is 0 Å². The van der Waals surface area contributed by atoms with Gasteiger partial charge in [-0.05, 0) is 49.7 Å². The average Bonchev–Trinajstić information content (AvgIpc) is 2.59. The van der Waals surface area contributed by atoms with Crippen molar-refractivity contribution < 1.29 is 9.53 Å². The summed E-state index contributed by atoms with van der Waals surface area (Å²) in [6.45, 7) is 4.36. The highest BCUT2D eigenvalue weighted by molar-refractivity contribution is 6.06. The van der Waals surface area contributed by atoms with Gasteiger partial charge in [0, 0.05) is 18.1 Å². The van der Waals surface area contributed by atoms with E-state index in [4.69, 9.17) is 4.74 Å². The molecule has 0 unspecified atom stereocenters. The number of hydrogen-bond donors (Lipinski definition) is 2. The highest BCUT2D eigenvalue weighted by Gasteiger charge is 2.09. The molecule has 6 nitrogen and oxygen atoms in total. The second-order valence-electron chi connectivity index (χ2n) is 4.89. The number of carbonyl (C=O) groups is 1. The maximum Gasteiger partial charge on any atom is 0.267 e. The number of rotatable bonds is 6. The topological polar surface area (TPSA) is 87.0 Å². The molecule has 0 spiro atoms. The lowest BCUT2D eigenvalue weighted by Crippen LogP contribution is -2.14. The van der Waals surface area contributed by atoms with Crippen LogP contribution in [0.3, 0.4) is 0 Å². The van der Waals surface area contributed by atoms with Gasteiger partial charge in [0.05, 0.1) is 6.61 Å². The Hall–Kier alpha value is -3.33. The Labute approximate surface area is 140 Å². The Balaban J connectivity index is 2.04. The lowest BCUT2D eigenvalue weighted by atomic mass is 10.2. The van der Waals surface area contributed by atoms with E-state index in [-0.39, 0.29) is 5.57 Å². The second kappa shape index (κ2) is 8.34. The Bertz CT molecular complexity index is 776. The number of aromatic nitrogens is 1. The van der Waals surface area contributed by atoms with Crippen molar-refractivity contribution in [2.24, 2.45) is 0 Å². The quantitative estimate of drug-likeness (QED) is 0.630. The number of nitrogens with one attached hydrogen (secondary N) is 2. The van der Waals surface area contributed by atoms with Crippen molar-refractivity contribution in [1.29, 1.82) is 5.26 Å². The lowest BCUT2D eigenvalue weighted by Gasteiger charge is -2.07. The summed E-state index contributed by atoms with van der Waals surface area (Å²) in [5.41, 5.74) is 1.45. The maximum absolute atomic E-state index is 12.2. The van der Waals surface area contributed by atoms with Crippen LogP contribution in [0.15, 0.2) is 54.4 Å². The summed E-state index contributed by atoms with van der Waals surface area (Å²) >= 11 is 0. The Kier molecular flexibility index (Phi) is 5.92. The van der Waals surface area contributed by atoms with E-state index in [0.717, 1.165) is 11.3 Å². The molecule has 0 atom stereocenters. The first-order valence-electron chi connectivity index (χ1n) is 7.46. The lowest BCUT2D eigenvalue weighted by molar-refractivity contribution is -0.112. The van der Waals surface area contributed by atoms with Gasteiger partial charge < -0.3 is 15.4 Å². The molecule has 0 saturated carbocycles. The first kappa shape index (κ1) is 17.0. The number of pyridine rings is 1. The smallest absolute Gasteiger partial charge is 0.267 e. The molecule has 24 heavy (non-hydrogen) atoms. The van der Waals surface area contributed by atoms with Crippen molar-refractivity contribution in [2.75, 3.05) is 17.2 Å². The summed E-state index contributed by atoms with van der Waals surface area (Å²) in [6, 6.07) is 12.5. The monoisotopic (exact) mass is 322 g/mol. The van der Waals surface area contributed by atoms with Crippen molar-refractivity contribution in [3.8, 4) is 11.8 Å². The van der Waals surface area contributed by atoms with Crippen LogP contribution in [0, 0.1) is 18.3 Å². The van der Waals surface area contributed by atoms with Gasteiger partial charge >= 0.3 is 0 Å². The van der Waals surface area contributed by atoms with Crippen molar-refractivity contribution in [1.82, 2.24) is 4.98 Å². The van der Waals surface area contributed by atoms with Gasteiger partial charge in [-0.15, -0.1) is 0 Å². The van der Waals surface area contributed by atoms with Gasteiger partial charge in [-0.3, -0.25) is 4.79 Å². The number of anilines is 2. The van der Waals surface area contributed by atoms with Crippen LogP contribution in [0.4, 0.5) is 11.5 Å². The summed E-state index contributed by atoms with van der Waals surface area (Å²) in [6.07, 6.45) is 2.98. The van der Waals surface area contributed by atoms with Gasteiger partial charge in [0.25, 0.3) is 5.91 Å². The Morgan fingerprint density at radius 2 is 2.08 bits per heavy atom. The third-order valence-electron chi connectivity index (χ3n) is 3.15. The minimum Gasteiger partial charge on any atom is -0.494 e. The number of carbonyl (C=O) groups excluding carboxylic acids is 1. The summed E-state index contributed by atoms with van der Waals surface area (Å²) in [7, 11) is 0. The highest BCUT2D eigenvalue weighted by Crippen LogP contribution is 2.16. The molecule has 0 aliphatic heterocycles. The molecular formula is C18H18N4O2. The zero-order chi connectivity index (χ0) is 17.4. The van der Waals surface area contributed by atoms with E-state index in [1.165, 1.54) is 6.20 Å². The van der Waals surface area contributed by atoms with Gasteiger partial charge in [0.1, 0.15) is 23.2 Å². The van der Waals surface area contributed by atoms with E-state index in [1.807, 2.05) is 32.0 Å². The number of hydrogen-bond acceptors (Lipinski definition) is 5. The fourth-order valence-corrected chi connectivity index (χ4v) is 1.93. The van der Waals surface area contributed by atoms with E-state index in [0.29, 0.717) is 18.1 Å². The van der Waals surface area contributed by atoms with Crippen LogP contribution in [0.5, 0.6) is 5.75 Å². The SMILES string of the molecule is CCOc1ccc(NC(=O)/C(C#N)=C\Nc2ncccc2C)cc1. The van der Waals surface area contributed by atoms with Crippen LogP contribution in [-0.4, -0.2) is 17.5 Å². The zero-order valence-corrected chi connectivity index (χ0v) is 13.5. The van der Waals surface area contributed by atoms with Crippen molar-refractivity contribution >= 4 is 17.4 Å². The van der Waals surface area contributed by atoms with Gasteiger partial charge in [0.2, 0.25) is 0 Å². The van der Waals surface area contributed by atoms with E-state index in [1.54, 1.807) is 30.5 Å². The van der Waals surface area contributed by atoms with Gasteiger partial charge in [-0.25, -0.2) is 4.98 Å². The molecule has 0 radical (unpaired) electrons. The number of amides is 1. The molecule has 0 aliphatic carbocycles. The number of ether oxygens (including phenoxy) is 1. The molecule has 1 aromatic carbocycles. The molecule has 122 valence electrons. The number of nitrogens with zero attached hydrogens (tertiary/aromatic N) is 2. The Morgan fingerprint density at radius 3 is 2.71 bits per heavy atom. The second-order valence-corrected chi connectivity index (χ2v) is 4.89. The summed E-state index contributed by atoms with van der Waals surface area (Å²) in [5.74, 6) is 0.820. The van der Waals surface area contributed by atoms with Crippen LogP contribution in [0.25, 0.3) is 0 Å². The molecule has 0 fully saturated rings. The molecule has 0 saturated heterocycles. The maximum atomic E-state index is 12.2. The molecule has 2 rings (SSSR count). The molecule has 0 bridgehead atoms. The number of benzene rings is 1. The predicted octanol–water partition coefficient (Wildman–Crippen LogP) is 3.25. The zero-order valence-electron chi connectivity index (χ0n) is 13.5. The molecule has 6 heteroatoms. The number of aryl methyl sites for hydroxylation is 1. The minimum atomic E-state index is -0.497. The molecule has 0 aliphatic rings. The molecule has 1 amide bonds. The highest BCUT2D eigenvalue weighted by atomic mass is 16.5. The van der Waals surface area contributed by atoms with E-state index < -0.39 is 5.91 Å². The largest absolute Gasteiger partial charge is 0.494 e. The van der Waals surface area contributed by atoms with Crippen LogP contribution in [0.2, 0.25) is 0 Å². The fourth-order valence-electron chi connectivity index (χ4n) is 1.93. The first-order chi connectivity index (χ1) is 11.6. The van der Waals surface area contributed by atoms with Crippen molar-refractivity contribution in [2.45, 2.75) is 13.8 Å². The Morgan fingerprint density at radius 1 is 1.33 bits per heavy atom. The van der Waals surface area contributed by atoms with E-state index in [2.05, 4.69) is 15.6 Å². The summed E-state index contributed by atoms with van der Waals surface area (Å²) in [5, 5.41) is 14.7. The van der Waals surface area contributed by atoms with Crippen molar-refractivity contribution in [3.05, 3.63) is 59.9 Å². The summed E-state index contributed by atoms with van der Waals surface area (Å²) in [4.78, 5) is 16.3. The fraction of sp³-hybridized carbons (Fsp3) is 0.167. The third-order valence-corrected chi connectivity index (χ3v) is 3.15. The van der Waals surface area contributed by atoms with Crippen LogP contribution >= 0.6 is 0 Å². The molecule has 2 aromatic rings. The summed E-state index contributed by atoms with van der Waals surface area (Å²) < 4.78 is 5.34. The van der Waals surface area contributed by atoms with Crippen LogP contribution in [-0.2, 0) is 4.79 Å². The van der Waals surface area contributed by atoms with Gasteiger partial charge in [-0.2, -0.15) is 5.26 Å². The molecule has 1 aromatic heterocycles. The standard InChI is InChI=1S/C18H18N4O2/c1-3-24-16-8-6-15(7-9-16)22-18(23)14(11-19)12-21-17-13(2)5-4-10-20-17/h4-10,12H,3H2,1-2H3,(H,20,21)(H,22,23)/b14-12-. The predicted molar refractivity (Wildman–Crippen MR) is 92.5 cm³/mol. The molecule has 1 heterocycles. The van der Waals surface area contributed by atoms with E-state index in [9.17, 15) is 10.1 Å². The van der Waals surface area contributed by atoms with Crippen LogP contribution < -0.4 is 15.4 Å². The van der Waals surface area contributed by atoms with Crippen LogP contribution in [0.1, 0.15) is 12.5 Å². The molecular weight excluding hydrogens is 304 g/mol. The molecule has 2 N–H and O–H groups in total. The van der Waals surface area contributed by atoms with Crippen molar-refractivity contribution in [3.63, 3.8) is 0 Å². The average molecular weight is 322 g/mol. The minimum absolute atomic E-state index is 0.0473. The van der Waals surface area contributed by atoms with Gasteiger partial charge in [-0.1, -0.05) is 6.07 Å². The third kappa shape index (κ3) is 4.58. The number of nitriles is 1. The van der Waals surface area contributed by atoms with E-state index >= 15 is 0 Å². The first-order valence-corrected chi connectivity index (χ1v) is 7.46.